The van der Waals surface area contributed by atoms with Gasteiger partial charge in [-0.3, -0.25) is 0 Å². The number of alkyl halides is 1. The molecule has 0 aliphatic carbocycles. The molecule has 0 fully saturated rings. The number of nitrogens with one attached hydrogen (secondary N) is 1. The quantitative estimate of drug-likeness (QED) is 0.512. The first-order chi connectivity index (χ1) is 6.00. The predicted molar refractivity (Wildman–Crippen MR) is 58.5 cm³/mol. The molecule has 13 heavy (non-hydrogen) atoms. The molecular weight excluding hydrogens is 186 g/mol. The molecule has 80 valence electrons. The zero-order chi connectivity index (χ0) is 10.3. The normalized spacial score (nSPS) is 14.5. The van der Waals surface area contributed by atoms with Crippen LogP contribution in [0.4, 0.5) is 0 Å². The lowest BCUT2D eigenvalue weighted by Crippen LogP contribution is -2.46. The van der Waals surface area contributed by atoms with Gasteiger partial charge in [-0.2, -0.15) is 0 Å². The maximum absolute atomic E-state index is 6.02. The van der Waals surface area contributed by atoms with Crippen molar-refractivity contribution in [2.45, 2.75) is 45.0 Å². The maximum atomic E-state index is 6.02. The minimum atomic E-state index is 0.00771. The van der Waals surface area contributed by atoms with Crippen LogP contribution >= 0.6 is 11.6 Å². The van der Waals surface area contributed by atoms with E-state index in [0.29, 0.717) is 0 Å². The molecule has 0 aromatic rings. The Bertz CT molecular complexity index is 126. The van der Waals surface area contributed by atoms with Gasteiger partial charge in [0.2, 0.25) is 0 Å². The molecule has 0 saturated carbocycles. The largest absolute Gasteiger partial charge is 0.382 e. The van der Waals surface area contributed by atoms with E-state index in [-0.39, 0.29) is 10.9 Å². The Morgan fingerprint density at radius 2 is 2.08 bits per heavy atom. The Labute approximate surface area is 87.0 Å². The molecule has 1 atom stereocenters. The molecule has 0 aliphatic rings. The zero-order valence-electron chi connectivity index (χ0n) is 9.19. The van der Waals surface area contributed by atoms with Gasteiger partial charge in [0.05, 0.1) is 0 Å². The molecule has 1 unspecified atom stereocenters. The van der Waals surface area contributed by atoms with Crippen molar-refractivity contribution in [2.75, 3.05) is 19.8 Å². The van der Waals surface area contributed by atoms with E-state index in [9.17, 15) is 0 Å². The Morgan fingerprint density at radius 3 is 2.54 bits per heavy atom. The Morgan fingerprint density at radius 1 is 1.46 bits per heavy atom. The lowest BCUT2D eigenvalue weighted by atomic mass is 10.0. The van der Waals surface area contributed by atoms with Crippen molar-refractivity contribution in [2.24, 2.45) is 0 Å². The molecule has 0 radical (unpaired) electrons. The van der Waals surface area contributed by atoms with E-state index in [1.54, 1.807) is 0 Å². The minimum absolute atomic E-state index is 0.00771. The first-order valence-corrected chi connectivity index (χ1v) is 5.41. The van der Waals surface area contributed by atoms with Gasteiger partial charge in [0.15, 0.2) is 0 Å². The molecule has 0 amide bonds. The molecule has 0 aromatic carbocycles. The highest BCUT2D eigenvalue weighted by molar-refractivity contribution is 6.21. The predicted octanol–water partition coefficient (Wildman–Crippen LogP) is 2.41. The summed E-state index contributed by atoms with van der Waals surface area (Å²) in [5.41, 5.74) is 0.00771. The second-order valence-corrected chi connectivity index (χ2v) is 4.47. The molecule has 1 N–H and O–H groups in total. The van der Waals surface area contributed by atoms with Crippen LogP contribution in [0.3, 0.4) is 0 Å². The van der Waals surface area contributed by atoms with Crippen molar-refractivity contribution in [3.05, 3.63) is 0 Å². The second kappa shape index (κ2) is 6.63. The third kappa shape index (κ3) is 6.30. The number of hydrogen-bond donors (Lipinski definition) is 1. The van der Waals surface area contributed by atoms with Crippen LogP contribution in [-0.2, 0) is 4.74 Å². The molecular formula is C10H22ClNO. The molecule has 0 aliphatic heterocycles. The smallest absolute Gasteiger partial charge is 0.0484 e. The maximum Gasteiger partial charge on any atom is 0.0484 e. The van der Waals surface area contributed by atoms with Crippen LogP contribution in [0.25, 0.3) is 0 Å². The first kappa shape index (κ1) is 13.2. The highest BCUT2D eigenvalue weighted by atomic mass is 35.5. The van der Waals surface area contributed by atoms with E-state index in [1.807, 2.05) is 13.8 Å². The summed E-state index contributed by atoms with van der Waals surface area (Å²) in [4.78, 5) is 0. The van der Waals surface area contributed by atoms with Gasteiger partial charge in [-0.1, -0.05) is 0 Å². The summed E-state index contributed by atoms with van der Waals surface area (Å²) in [5, 5.41) is 3.54. The summed E-state index contributed by atoms with van der Waals surface area (Å²) >= 11 is 6.02. The zero-order valence-corrected chi connectivity index (χ0v) is 9.95. The fraction of sp³-hybridized carbons (Fsp3) is 1.00. The van der Waals surface area contributed by atoms with Crippen LogP contribution in [0.1, 0.15) is 34.1 Å². The summed E-state index contributed by atoms with van der Waals surface area (Å²) in [6.45, 7) is 10.8. The van der Waals surface area contributed by atoms with Crippen molar-refractivity contribution >= 4 is 11.6 Å². The van der Waals surface area contributed by atoms with Gasteiger partial charge in [-0.05, 0) is 40.7 Å². The van der Waals surface area contributed by atoms with Gasteiger partial charge in [-0.25, -0.2) is 0 Å². The van der Waals surface area contributed by atoms with E-state index in [0.717, 1.165) is 26.2 Å². The highest BCUT2D eigenvalue weighted by Crippen LogP contribution is 2.14. The molecule has 0 aromatic heterocycles. The first-order valence-electron chi connectivity index (χ1n) is 4.97. The number of hydrogen-bond acceptors (Lipinski definition) is 2. The van der Waals surface area contributed by atoms with E-state index in [2.05, 4.69) is 19.2 Å². The molecule has 0 rings (SSSR count). The number of halogens is 1. The standard InChI is InChI=1S/C10H22ClNO/c1-5-13-8-6-7-12-10(3,4)9(2)11/h9,12H,5-8H2,1-4H3. The van der Waals surface area contributed by atoms with Gasteiger partial charge in [-0.15, -0.1) is 11.6 Å². The molecule has 0 spiro atoms. The Hall–Kier alpha value is 0.210. The lowest BCUT2D eigenvalue weighted by Gasteiger charge is -2.29. The minimum Gasteiger partial charge on any atom is -0.382 e. The van der Waals surface area contributed by atoms with Crippen molar-refractivity contribution < 1.29 is 4.74 Å². The van der Waals surface area contributed by atoms with Crippen LogP contribution in [0, 0.1) is 0 Å². The van der Waals surface area contributed by atoms with Crippen molar-refractivity contribution in [3.8, 4) is 0 Å². The SMILES string of the molecule is CCOCCCNC(C)(C)C(C)Cl. The summed E-state index contributed by atoms with van der Waals surface area (Å²) in [5.74, 6) is 0. The van der Waals surface area contributed by atoms with Crippen LogP contribution in [0.5, 0.6) is 0 Å². The van der Waals surface area contributed by atoms with Gasteiger partial charge in [0.25, 0.3) is 0 Å². The lowest BCUT2D eigenvalue weighted by molar-refractivity contribution is 0.142. The molecule has 3 heteroatoms. The number of rotatable bonds is 7. The average Bonchev–Trinajstić information content (AvgIpc) is 2.03. The monoisotopic (exact) mass is 207 g/mol. The average molecular weight is 208 g/mol. The van der Waals surface area contributed by atoms with Gasteiger partial charge < -0.3 is 10.1 Å². The third-order valence-electron chi connectivity index (χ3n) is 2.24. The van der Waals surface area contributed by atoms with E-state index in [1.165, 1.54) is 0 Å². The third-order valence-corrected chi connectivity index (χ3v) is 2.79. The number of ether oxygens (including phenoxy) is 1. The van der Waals surface area contributed by atoms with Gasteiger partial charge in [0, 0.05) is 24.1 Å². The Balaban J connectivity index is 3.41. The summed E-state index contributed by atoms with van der Waals surface area (Å²) in [6.07, 6.45) is 1.04. The van der Waals surface area contributed by atoms with E-state index in [4.69, 9.17) is 16.3 Å². The molecule has 0 heterocycles. The second-order valence-electron chi connectivity index (χ2n) is 3.81. The molecule has 0 bridgehead atoms. The topological polar surface area (TPSA) is 21.3 Å². The molecule has 2 nitrogen and oxygen atoms in total. The van der Waals surface area contributed by atoms with Gasteiger partial charge in [0.1, 0.15) is 0 Å². The summed E-state index contributed by atoms with van der Waals surface area (Å²) in [6, 6.07) is 0. The van der Waals surface area contributed by atoms with Crippen molar-refractivity contribution in [1.82, 2.24) is 5.32 Å². The van der Waals surface area contributed by atoms with Crippen LogP contribution < -0.4 is 5.32 Å². The van der Waals surface area contributed by atoms with E-state index >= 15 is 0 Å². The molecule has 0 saturated heterocycles. The van der Waals surface area contributed by atoms with E-state index < -0.39 is 0 Å². The van der Waals surface area contributed by atoms with Crippen LogP contribution in [0.15, 0.2) is 0 Å². The van der Waals surface area contributed by atoms with Crippen molar-refractivity contribution in [1.29, 1.82) is 0 Å². The fourth-order valence-corrected chi connectivity index (χ4v) is 0.947. The summed E-state index contributed by atoms with van der Waals surface area (Å²) in [7, 11) is 0. The van der Waals surface area contributed by atoms with Crippen LogP contribution in [0.2, 0.25) is 0 Å². The Kier molecular flexibility index (Phi) is 6.74. The van der Waals surface area contributed by atoms with Crippen molar-refractivity contribution in [3.63, 3.8) is 0 Å². The fourth-order valence-electron chi connectivity index (χ4n) is 0.870. The summed E-state index contributed by atoms with van der Waals surface area (Å²) < 4.78 is 5.24. The van der Waals surface area contributed by atoms with Crippen LogP contribution in [-0.4, -0.2) is 30.7 Å². The van der Waals surface area contributed by atoms with Gasteiger partial charge >= 0.3 is 0 Å². The highest BCUT2D eigenvalue weighted by Gasteiger charge is 2.22.